The summed E-state index contributed by atoms with van der Waals surface area (Å²) < 4.78 is 23.9. The van der Waals surface area contributed by atoms with Crippen LogP contribution in [0, 0.1) is 0 Å². The number of hydrogen-bond acceptors (Lipinski definition) is 5. The highest BCUT2D eigenvalue weighted by Crippen LogP contribution is 2.12. The number of carbonyl (C=O) groups excluding carboxylic acids is 1. The van der Waals surface area contributed by atoms with E-state index in [1.165, 1.54) is 11.3 Å². The van der Waals surface area contributed by atoms with Gasteiger partial charge in [0.2, 0.25) is 5.91 Å². The van der Waals surface area contributed by atoms with Crippen molar-refractivity contribution in [3.05, 3.63) is 52.5 Å². The molecule has 5 nitrogen and oxygen atoms in total. The van der Waals surface area contributed by atoms with Gasteiger partial charge in [-0.3, -0.25) is 4.79 Å². The lowest BCUT2D eigenvalue weighted by Gasteiger charge is -2.14. The Labute approximate surface area is 128 Å². The second-order valence-electron chi connectivity index (χ2n) is 4.71. The van der Waals surface area contributed by atoms with Gasteiger partial charge in [0, 0.05) is 5.38 Å². The molecule has 0 spiro atoms. The van der Waals surface area contributed by atoms with Crippen molar-refractivity contribution in [2.24, 2.45) is 0 Å². The van der Waals surface area contributed by atoms with Crippen molar-refractivity contribution in [1.29, 1.82) is 0 Å². The van der Waals surface area contributed by atoms with Crippen LogP contribution in [0.2, 0.25) is 0 Å². The van der Waals surface area contributed by atoms with Crippen LogP contribution >= 0.6 is 11.3 Å². The molecule has 1 amide bonds. The third-order valence-electron chi connectivity index (χ3n) is 2.88. The van der Waals surface area contributed by atoms with Crippen LogP contribution in [0.15, 0.2) is 41.2 Å². The minimum absolute atomic E-state index is 0.205. The van der Waals surface area contributed by atoms with Gasteiger partial charge in [0.25, 0.3) is 0 Å². The molecule has 112 valence electrons. The second kappa shape index (κ2) is 6.82. The first-order valence-corrected chi connectivity index (χ1v) is 9.14. The Morgan fingerprint density at radius 3 is 2.67 bits per heavy atom. The molecule has 2 rings (SSSR count). The fraction of sp³-hybridized carbons (Fsp3) is 0.286. The molecule has 7 heteroatoms. The Morgan fingerprint density at radius 2 is 2.05 bits per heavy atom. The van der Waals surface area contributed by atoms with Crippen LogP contribution in [0.25, 0.3) is 0 Å². The first kappa shape index (κ1) is 15.7. The van der Waals surface area contributed by atoms with E-state index < -0.39 is 21.5 Å². The van der Waals surface area contributed by atoms with Crippen LogP contribution in [0.3, 0.4) is 0 Å². The van der Waals surface area contributed by atoms with Crippen molar-refractivity contribution in [3.63, 3.8) is 0 Å². The molecule has 0 bridgehead atoms. The first-order chi connectivity index (χ1) is 9.96. The molecule has 0 aliphatic rings. The van der Waals surface area contributed by atoms with E-state index in [0.29, 0.717) is 5.69 Å². The highest BCUT2D eigenvalue weighted by atomic mass is 32.2. The quantitative estimate of drug-likeness (QED) is 0.881. The fourth-order valence-corrected chi connectivity index (χ4v) is 3.75. The number of carbonyl (C=O) groups is 1. The van der Waals surface area contributed by atoms with Crippen LogP contribution in [-0.2, 0) is 20.4 Å². The minimum Gasteiger partial charge on any atom is -0.349 e. The van der Waals surface area contributed by atoms with Crippen LogP contribution in [0.1, 0.15) is 24.2 Å². The van der Waals surface area contributed by atoms with Gasteiger partial charge in [-0.25, -0.2) is 13.4 Å². The summed E-state index contributed by atoms with van der Waals surface area (Å²) in [4.78, 5) is 15.8. The number of sulfone groups is 1. The fourth-order valence-electron chi connectivity index (χ4n) is 1.89. The second-order valence-corrected chi connectivity index (χ2v) is 7.50. The van der Waals surface area contributed by atoms with Crippen LogP contribution in [0.4, 0.5) is 0 Å². The molecule has 0 unspecified atom stereocenters. The highest BCUT2D eigenvalue weighted by molar-refractivity contribution is 7.91. The van der Waals surface area contributed by atoms with E-state index in [0.717, 1.165) is 5.56 Å². The predicted octanol–water partition coefficient (Wildman–Crippen LogP) is 1.94. The maximum absolute atomic E-state index is 11.9. The molecule has 0 aliphatic heterocycles. The Morgan fingerprint density at radius 1 is 1.33 bits per heavy atom. The Hall–Kier alpha value is -1.73. The topological polar surface area (TPSA) is 76.1 Å². The van der Waals surface area contributed by atoms with E-state index in [-0.39, 0.29) is 11.8 Å². The van der Waals surface area contributed by atoms with Gasteiger partial charge in [0.05, 0.1) is 23.0 Å². The molecule has 21 heavy (non-hydrogen) atoms. The van der Waals surface area contributed by atoms with Crippen molar-refractivity contribution >= 4 is 27.1 Å². The first-order valence-electron chi connectivity index (χ1n) is 6.38. The zero-order valence-electron chi connectivity index (χ0n) is 11.5. The third-order valence-corrected chi connectivity index (χ3v) is 4.95. The van der Waals surface area contributed by atoms with E-state index in [2.05, 4.69) is 10.3 Å². The van der Waals surface area contributed by atoms with Crippen molar-refractivity contribution < 1.29 is 13.2 Å². The summed E-state index contributed by atoms with van der Waals surface area (Å²) in [5.41, 5.74) is 2.98. The van der Waals surface area contributed by atoms with Gasteiger partial charge < -0.3 is 5.32 Å². The molecule has 1 aromatic heterocycles. The minimum atomic E-state index is -3.50. The van der Waals surface area contributed by atoms with Crippen molar-refractivity contribution in [3.8, 4) is 0 Å². The number of benzene rings is 1. The van der Waals surface area contributed by atoms with Crippen LogP contribution < -0.4 is 5.32 Å². The number of nitrogens with zero attached hydrogens (tertiary/aromatic N) is 1. The van der Waals surface area contributed by atoms with E-state index in [4.69, 9.17) is 0 Å². The zero-order chi connectivity index (χ0) is 15.3. The average molecular weight is 324 g/mol. The summed E-state index contributed by atoms with van der Waals surface area (Å²) >= 11 is 1.33. The molecule has 1 N–H and O–H groups in total. The number of aromatic nitrogens is 1. The summed E-state index contributed by atoms with van der Waals surface area (Å²) in [7, 11) is -3.50. The van der Waals surface area contributed by atoms with E-state index >= 15 is 0 Å². The van der Waals surface area contributed by atoms with E-state index in [1.54, 1.807) is 10.9 Å². The molecule has 0 saturated carbocycles. The normalized spacial score (nSPS) is 12.8. The maximum Gasteiger partial charge on any atom is 0.235 e. The van der Waals surface area contributed by atoms with Gasteiger partial charge in [-0.05, 0) is 12.5 Å². The summed E-state index contributed by atoms with van der Waals surface area (Å²) in [6.07, 6.45) is 0. The zero-order valence-corrected chi connectivity index (χ0v) is 13.2. The summed E-state index contributed by atoms with van der Waals surface area (Å²) in [5.74, 6) is -1.23. The Bertz CT molecular complexity index is 682. The molecule has 0 fully saturated rings. The summed E-state index contributed by atoms with van der Waals surface area (Å²) in [5, 5.41) is 4.36. The van der Waals surface area contributed by atoms with E-state index in [1.807, 2.05) is 37.3 Å². The van der Waals surface area contributed by atoms with Gasteiger partial charge >= 0.3 is 0 Å². The van der Waals surface area contributed by atoms with E-state index in [9.17, 15) is 13.2 Å². The Balaban J connectivity index is 1.92. The number of thiazole rings is 1. The van der Waals surface area contributed by atoms with Gasteiger partial charge in [0.15, 0.2) is 9.84 Å². The molecular weight excluding hydrogens is 308 g/mol. The molecule has 0 radical (unpaired) electrons. The number of nitrogens with one attached hydrogen (secondary N) is 1. The largest absolute Gasteiger partial charge is 0.349 e. The molecule has 0 saturated heterocycles. The molecule has 1 heterocycles. The van der Waals surface area contributed by atoms with Crippen molar-refractivity contribution in [1.82, 2.24) is 10.3 Å². The molecular formula is C14H16N2O3S2. The standard InChI is InChI=1S/C14H16N2O3S2/c1-11(12-5-3-2-4-6-12)16-14(17)9-21(18,19)8-13-7-20-10-15-13/h2-7,10-11H,8-9H2,1H3,(H,16,17)/t11-/m1/s1. The van der Waals surface area contributed by atoms with Gasteiger partial charge in [-0.15, -0.1) is 11.3 Å². The number of amides is 1. The molecule has 1 aromatic carbocycles. The lowest BCUT2D eigenvalue weighted by atomic mass is 10.1. The van der Waals surface area contributed by atoms with Gasteiger partial charge in [0.1, 0.15) is 5.75 Å². The molecule has 0 aliphatic carbocycles. The lowest BCUT2D eigenvalue weighted by molar-refractivity contribution is -0.119. The maximum atomic E-state index is 11.9. The highest BCUT2D eigenvalue weighted by Gasteiger charge is 2.19. The van der Waals surface area contributed by atoms with Crippen molar-refractivity contribution in [2.75, 3.05) is 5.75 Å². The molecule has 2 aromatic rings. The molecule has 1 atom stereocenters. The lowest BCUT2D eigenvalue weighted by Crippen LogP contribution is -2.32. The summed E-state index contributed by atoms with van der Waals surface area (Å²) in [6, 6.07) is 9.17. The summed E-state index contributed by atoms with van der Waals surface area (Å²) in [6.45, 7) is 1.82. The SMILES string of the molecule is C[C@@H](NC(=O)CS(=O)(=O)Cc1cscn1)c1ccccc1. The van der Waals surface area contributed by atoms with Gasteiger partial charge in [-0.1, -0.05) is 30.3 Å². The monoisotopic (exact) mass is 324 g/mol. The Kier molecular flexibility index (Phi) is 5.08. The van der Waals surface area contributed by atoms with Crippen LogP contribution in [0.5, 0.6) is 0 Å². The van der Waals surface area contributed by atoms with Crippen LogP contribution in [-0.4, -0.2) is 25.1 Å². The van der Waals surface area contributed by atoms with Crippen molar-refractivity contribution in [2.45, 2.75) is 18.7 Å². The number of hydrogen-bond donors (Lipinski definition) is 1. The predicted molar refractivity (Wildman–Crippen MR) is 82.6 cm³/mol. The van der Waals surface area contributed by atoms with Gasteiger partial charge in [-0.2, -0.15) is 0 Å². The number of rotatable bonds is 6. The third kappa shape index (κ3) is 4.95. The average Bonchev–Trinajstić information content (AvgIpc) is 2.90. The smallest absolute Gasteiger partial charge is 0.235 e.